The Labute approximate surface area is 179 Å². The molecule has 166 valence electrons. The average molecular weight is 416 g/mol. The molecule has 4 rings (SSSR count). The van der Waals surface area contributed by atoms with Crippen molar-refractivity contribution in [1.82, 2.24) is 4.90 Å². The van der Waals surface area contributed by atoms with Crippen LogP contribution in [0.3, 0.4) is 0 Å². The van der Waals surface area contributed by atoms with Crippen LogP contribution in [0.2, 0.25) is 0 Å². The second-order valence-corrected chi connectivity index (χ2v) is 10.2. The zero-order chi connectivity index (χ0) is 21.3. The lowest BCUT2D eigenvalue weighted by atomic mass is 9.80. The number of amides is 1. The standard InChI is InChI=1S/C24H37N3O3/c1-16-12-17(2)15-27(14-16)24(30)19-8-6-18(7-9-19)13-25-20-21(23(29)22(20)28)26-10-4-3-5-11-26/h16-19,25H,3-15H2,1-2H3/t16-,17-,18?,19?/m0/s1. The van der Waals surface area contributed by atoms with Crippen molar-refractivity contribution in [3.05, 3.63) is 20.4 Å². The van der Waals surface area contributed by atoms with Crippen molar-refractivity contribution in [1.29, 1.82) is 0 Å². The van der Waals surface area contributed by atoms with Crippen LogP contribution in [0.15, 0.2) is 9.59 Å². The molecular formula is C24H37N3O3. The van der Waals surface area contributed by atoms with Crippen LogP contribution in [-0.2, 0) is 4.79 Å². The van der Waals surface area contributed by atoms with Crippen molar-refractivity contribution in [2.24, 2.45) is 23.7 Å². The number of piperidine rings is 2. The first-order chi connectivity index (χ1) is 14.4. The second-order valence-electron chi connectivity index (χ2n) is 10.2. The molecule has 1 aliphatic carbocycles. The van der Waals surface area contributed by atoms with Crippen molar-refractivity contribution >= 4 is 17.3 Å². The van der Waals surface area contributed by atoms with Gasteiger partial charge < -0.3 is 15.1 Å². The van der Waals surface area contributed by atoms with Crippen LogP contribution in [0.25, 0.3) is 0 Å². The summed E-state index contributed by atoms with van der Waals surface area (Å²) < 4.78 is 0. The number of nitrogens with one attached hydrogen (secondary N) is 1. The van der Waals surface area contributed by atoms with E-state index in [1.807, 2.05) is 0 Å². The first-order valence-electron chi connectivity index (χ1n) is 12.0. The monoisotopic (exact) mass is 415 g/mol. The minimum absolute atomic E-state index is 0.161. The molecule has 0 unspecified atom stereocenters. The van der Waals surface area contributed by atoms with Gasteiger partial charge in [-0.3, -0.25) is 14.4 Å². The molecule has 2 aliphatic heterocycles. The van der Waals surface area contributed by atoms with E-state index in [1.165, 1.54) is 12.8 Å². The Hall–Kier alpha value is -1.85. The SMILES string of the molecule is C[C@H]1C[C@H](C)CN(C(=O)C2CCC(CNc3c(N4CCCCC4)c(=O)c3=O)CC2)C1. The number of anilines is 2. The molecule has 30 heavy (non-hydrogen) atoms. The topological polar surface area (TPSA) is 69.7 Å². The van der Waals surface area contributed by atoms with Crippen LogP contribution in [-0.4, -0.2) is 43.5 Å². The van der Waals surface area contributed by atoms with Gasteiger partial charge in [-0.1, -0.05) is 13.8 Å². The van der Waals surface area contributed by atoms with E-state index in [4.69, 9.17) is 0 Å². The van der Waals surface area contributed by atoms with Crippen LogP contribution >= 0.6 is 0 Å². The van der Waals surface area contributed by atoms with Crippen molar-refractivity contribution in [3.63, 3.8) is 0 Å². The Bertz CT molecular complexity index is 804. The summed E-state index contributed by atoms with van der Waals surface area (Å²) in [5.74, 6) is 2.18. The molecule has 6 nitrogen and oxygen atoms in total. The summed E-state index contributed by atoms with van der Waals surface area (Å²) in [6.45, 7) is 8.80. The molecule has 6 heteroatoms. The molecular weight excluding hydrogens is 378 g/mol. The van der Waals surface area contributed by atoms with Gasteiger partial charge in [0, 0.05) is 38.6 Å². The maximum atomic E-state index is 13.0. The molecule has 3 aliphatic rings. The van der Waals surface area contributed by atoms with E-state index in [0.717, 1.165) is 71.2 Å². The lowest BCUT2D eigenvalue weighted by Gasteiger charge is -2.38. The lowest BCUT2D eigenvalue weighted by Crippen LogP contribution is -2.46. The fourth-order valence-corrected chi connectivity index (χ4v) is 5.92. The molecule has 0 radical (unpaired) electrons. The highest BCUT2D eigenvalue weighted by molar-refractivity contribution is 5.79. The number of likely N-dealkylation sites (tertiary alicyclic amines) is 1. The van der Waals surface area contributed by atoms with E-state index in [9.17, 15) is 14.4 Å². The minimum Gasteiger partial charge on any atom is -0.380 e. The Morgan fingerprint density at radius 2 is 1.57 bits per heavy atom. The van der Waals surface area contributed by atoms with E-state index in [-0.39, 0.29) is 16.8 Å². The van der Waals surface area contributed by atoms with Crippen LogP contribution in [0.1, 0.15) is 65.2 Å². The second kappa shape index (κ2) is 9.11. The Morgan fingerprint density at radius 1 is 0.933 bits per heavy atom. The van der Waals surface area contributed by atoms with E-state index in [2.05, 4.69) is 29.0 Å². The van der Waals surface area contributed by atoms with Gasteiger partial charge in [-0.05, 0) is 69.1 Å². The fraction of sp³-hybridized carbons (Fsp3) is 0.792. The van der Waals surface area contributed by atoms with Gasteiger partial charge in [0.05, 0.1) is 0 Å². The fourth-order valence-electron chi connectivity index (χ4n) is 5.92. The summed E-state index contributed by atoms with van der Waals surface area (Å²) >= 11 is 0. The Balaban J connectivity index is 1.27. The van der Waals surface area contributed by atoms with E-state index in [0.29, 0.717) is 35.0 Å². The van der Waals surface area contributed by atoms with Gasteiger partial charge in [0.15, 0.2) is 0 Å². The molecule has 2 saturated heterocycles. The predicted molar refractivity (Wildman–Crippen MR) is 121 cm³/mol. The van der Waals surface area contributed by atoms with Gasteiger partial charge in [-0.2, -0.15) is 0 Å². The Kier molecular flexibility index (Phi) is 6.49. The molecule has 1 N–H and O–H groups in total. The average Bonchev–Trinajstić information content (AvgIpc) is 2.75. The molecule has 2 atom stereocenters. The first kappa shape index (κ1) is 21.4. The summed E-state index contributed by atoms with van der Waals surface area (Å²) in [6.07, 6.45) is 8.50. The minimum atomic E-state index is -0.354. The van der Waals surface area contributed by atoms with Crippen LogP contribution < -0.4 is 21.1 Å². The van der Waals surface area contributed by atoms with Gasteiger partial charge in [0.25, 0.3) is 10.9 Å². The summed E-state index contributed by atoms with van der Waals surface area (Å²) in [5, 5.41) is 3.31. The van der Waals surface area contributed by atoms with Gasteiger partial charge >= 0.3 is 0 Å². The number of hydrogen-bond donors (Lipinski definition) is 1. The maximum absolute atomic E-state index is 13.0. The van der Waals surface area contributed by atoms with Gasteiger partial charge in [0.2, 0.25) is 5.91 Å². The highest BCUT2D eigenvalue weighted by atomic mass is 16.2. The molecule has 1 aromatic rings. The highest BCUT2D eigenvalue weighted by Gasteiger charge is 2.33. The molecule has 0 spiro atoms. The summed E-state index contributed by atoms with van der Waals surface area (Å²) in [4.78, 5) is 41.4. The first-order valence-corrected chi connectivity index (χ1v) is 12.0. The molecule has 0 bridgehead atoms. The molecule has 1 aromatic carbocycles. The van der Waals surface area contributed by atoms with Crippen molar-refractivity contribution in [2.45, 2.75) is 65.2 Å². The molecule has 1 saturated carbocycles. The zero-order valence-electron chi connectivity index (χ0n) is 18.6. The summed E-state index contributed by atoms with van der Waals surface area (Å²) in [7, 11) is 0. The third-order valence-corrected chi connectivity index (χ3v) is 7.50. The zero-order valence-corrected chi connectivity index (χ0v) is 18.6. The van der Waals surface area contributed by atoms with Gasteiger partial charge in [-0.25, -0.2) is 0 Å². The smallest absolute Gasteiger partial charge is 0.253 e. The van der Waals surface area contributed by atoms with E-state index >= 15 is 0 Å². The third-order valence-electron chi connectivity index (χ3n) is 7.50. The summed E-state index contributed by atoms with van der Waals surface area (Å²) in [5.41, 5.74) is 0.486. The lowest BCUT2D eigenvalue weighted by molar-refractivity contribution is -0.139. The van der Waals surface area contributed by atoms with Crippen LogP contribution in [0.4, 0.5) is 11.4 Å². The predicted octanol–water partition coefficient (Wildman–Crippen LogP) is 3.00. The Morgan fingerprint density at radius 3 is 2.20 bits per heavy atom. The molecule has 2 heterocycles. The number of nitrogens with zero attached hydrogens (tertiary/aromatic N) is 2. The van der Waals surface area contributed by atoms with Crippen molar-refractivity contribution in [2.75, 3.05) is 42.9 Å². The van der Waals surface area contributed by atoms with Crippen LogP contribution in [0, 0.1) is 23.7 Å². The number of carbonyl (C=O) groups is 1. The van der Waals surface area contributed by atoms with Crippen molar-refractivity contribution < 1.29 is 4.79 Å². The normalized spacial score (nSPS) is 30.5. The largest absolute Gasteiger partial charge is 0.380 e. The molecule has 3 fully saturated rings. The van der Waals surface area contributed by atoms with Gasteiger partial charge in [-0.15, -0.1) is 0 Å². The molecule has 0 aromatic heterocycles. The number of rotatable bonds is 5. The van der Waals surface area contributed by atoms with E-state index in [1.54, 1.807) is 0 Å². The molecule has 1 amide bonds. The number of hydrogen-bond acceptors (Lipinski definition) is 5. The quantitative estimate of drug-likeness (QED) is 0.749. The van der Waals surface area contributed by atoms with E-state index < -0.39 is 0 Å². The van der Waals surface area contributed by atoms with Gasteiger partial charge in [0.1, 0.15) is 11.4 Å². The third kappa shape index (κ3) is 4.42. The highest BCUT2D eigenvalue weighted by Crippen LogP contribution is 2.33. The maximum Gasteiger partial charge on any atom is 0.253 e. The summed E-state index contributed by atoms with van der Waals surface area (Å²) in [6, 6.07) is 0. The number of carbonyl (C=O) groups excluding carboxylic acids is 1. The van der Waals surface area contributed by atoms with Crippen LogP contribution in [0.5, 0.6) is 0 Å². The van der Waals surface area contributed by atoms with Crippen molar-refractivity contribution in [3.8, 4) is 0 Å².